The van der Waals surface area contributed by atoms with E-state index in [-0.39, 0.29) is 30.0 Å². The molecule has 202 valence electrons. The number of halogens is 3. The van der Waals surface area contributed by atoms with Gasteiger partial charge in [-0.2, -0.15) is 8.78 Å². The van der Waals surface area contributed by atoms with Crippen molar-refractivity contribution in [2.24, 2.45) is 17.8 Å². The fourth-order valence-corrected chi connectivity index (χ4v) is 6.29. The lowest BCUT2D eigenvalue weighted by atomic mass is 9.85. The third kappa shape index (κ3) is 4.89. The van der Waals surface area contributed by atoms with Crippen LogP contribution in [-0.2, 0) is 11.3 Å². The van der Waals surface area contributed by atoms with Crippen LogP contribution in [0.15, 0.2) is 48.8 Å². The molecule has 1 saturated carbocycles. The van der Waals surface area contributed by atoms with E-state index in [1.54, 1.807) is 18.5 Å². The standard InChI is InChI=1S/C28H26ClF2N5O3/c1-15-34-22-6-4-16(9-23(22)36(15)14-19-8-21(29)5-7-24(19)39-27(30)31)20-10-32-28(33-11-20)35-12-17-2-3-18(13-35)25(17)26(37)38/h4-11,17-18,25,27H,2-3,12-14H2,1H3,(H,37,38). The summed E-state index contributed by atoms with van der Waals surface area (Å²) in [7, 11) is 0. The van der Waals surface area contributed by atoms with Crippen LogP contribution in [-0.4, -0.2) is 50.3 Å². The largest absolute Gasteiger partial charge is 0.481 e. The molecule has 11 heteroatoms. The molecular formula is C28H26ClF2N5O3. The number of alkyl halides is 2. The van der Waals surface area contributed by atoms with Crippen LogP contribution in [0.2, 0.25) is 5.02 Å². The van der Waals surface area contributed by atoms with Crippen LogP contribution < -0.4 is 9.64 Å². The van der Waals surface area contributed by atoms with Crippen LogP contribution in [0, 0.1) is 24.7 Å². The van der Waals surface area contributed by atoms with Crippen LogP contribution >= 0.6 is 11.6 Å². The Balaban J connectivity index is 1.27. The van der Waals surface area contributed by atoms with Crippen molar-refractivity contribution < 1.29 is 23.4 Å². The van der Waals surface area contributed by atoms with Gasteiger partial charge in [-0.3, -0.25) is 4.79 Å². The van der Waals surface area contributed by atoms with E-state index in [9.17, 15) is 18.7 Å². The Kier molecular flexibility index (Phi) is 6.58. The molecule has 2 aliphatic rings. The second-order valence-corrected chi connectivity index (χ2v) is 10.7. The number of nitrogens with zero attached hydrogens (tertiary/aromatic N) is 5. The highest BCUT2D eigenvalue weighted by Gasteiger charge is 2.46. The van der Waals surface area contributed by atoms with Crippen molar-refractivity contribution in [1.29, 1.82) is 0 Å². The van der Waals surface area contributed by atoms with Gasteiger partial charge in [0, 0.05) is 41.6 Å². The number of imidazole rings is 1. The van der Waals surface area contributed by atoms with Gasteiger partial charge in [0.05, 0.1) is 23.5 Å². The van der Waals surface area contributed by atoms with Crippen LogP contribution in [0.4, 0.5) is 14.7 Å². The lowest BCUT2D eigenvalue weighted by Gasteiger charge is -2.35. The topological polar surface area (TPSA) is 93.4 Å². The van der Waals surface area contributed by atoms with Crippen LogP contribution in [0.1, 0.15) is 24.2 Å². The van der Waals surface area contributed by atoms with Crippen molar-refractivity contribution >= 4 is 34.6 Å². The van der Waals surface area contributed by atoms with Crippen LogP contribution in [0.25, 0.3) is 22.2 Å². The molecule has 4 aromatic rings. The average Bonchev–Trinajstić information content (AvgIpc) is 3.37. The number of hydrogen-bond donors (Lipinski definition) is 1. The van der Waals surface area contributed by atoms with Crippen molar-refractivity contribution in [3.05, 3.63) is 65.2 Å². The van der Waals surface area contributed by atoms with Gasteiger partial charge in [-0.15, -0.1) is 0 Å². The van der Waals surface area contributed by atoms with Gasteiger partial charge in [-0.25, -0.2) is 15.0 Å². The van der Waals surface area contributed by atoms with Crippen molar-refractivity contribution in [2.45, 2.75) is 32.9 Å². The maximum atomic E-state index is 13.0. The number of ether oxygens (including phenoxy) is 1. The van der Waals surface area contributed by atoms with E-state index in [1.807, 2.05) is 29.7 Å². The molecule has 3 heterocycles. The Bertz CT molecular complexity index is 1530. The summed E-state index contributed by atoms with van der Waals surface area (Å²) in [6, 6.07) is 10.4. The van der Waals surface area contributed by atoms with E-state index < -0.39 is 12.6 Å². The number of aromatic nitrogens is 4. The van der Waals surface area contributed by atoms with Gasteiger partial charge in [0.25, 0.3) is 0 Å². The number of carboxylic acid groups (broad SMARTS) is 1. The van der Waals surface area contributed by atoms with Crippen molar-refractivity contribution in [3.63, 3.8) is 0 Å². The number of aliphatic carboxylic acids is 1. The molecular weight excluding hydrogens is 528 g/mol. The molecule has 1 aliphatic carbocycles. The summed E-state index contributed by atoms with van der Waals surface area (Å²) in [6.45, 7) is 0.462. The Hall–Kier alpha value is -3.79. The molecule has 8 nitrogen and oxygen atoms in total. The first-order chi connectivity index (χ1) is 18.8. The molecule has 1 aliphatic heterocycles. The molecule has 2 bridgehead atoms. The molecule has 2 atom stereocenters. The first-order valence-electron chi connectivity index (χ1n) is 12.8. The molecule has 2 unspecified atom stereocenters. The highest BCUT2D eigenvalue weighted by Crippen LogP contribution is 2.42. The quantitative estimate of drug-likeness (QED) is 0.316. The van der Waals surface area contributed by atoms with Crippen molar-refractivity contribution in [1.82, 2.24) is 19.5 Å². The van der Waals surface area contributed by atoms with Crippen molar-refractivity contribution in [3.8, 4) is 16.9 Å². The fraction of sp³-hybridized carbons (Fsp3) is 0.357. The molecule has 0 amide bonds. The molecule has 2 aromatic carbocycles. The molecule has 1 N–H and O–H groups in total. The van der Waals surface area contributed by atoms with Gasteiger partial charge in [-0.05, 0) is 67.5 Å². The highest BCUT2D eigenvalue weighted by molar-refractivity contribution is 6.30. The normalized spacial score (nSPS) is 20.6. The van der Waals surface area contributed by atoms with Gasteiger partial charge >= 0.3 is 12.6 Å². The minimum Gasteiger partial charge on any atom is -0.481 e. The monoisotopic (exact) mass is 553 g/mol. The Morgan fingerprint density at radius 3 is 2.49 bits per heavy atom. The lowest BCUT2D eigenvalue weighted by Crippen LogP contribution is -2.45. The summed E-state index contributed by atoms with van der Waals surface area (Å²) in [5.74, 6) is 0.673. The van der Waals surface area contributed by atoms with Gasteiger partial charge in [-0.1, -0.05) is 17.7 Å². The first kappa shape index (κ1) is 25.5. The third-order valence-electron chi connectivity index (χ3n) is 7.88. The lowest BCUT2D eigenvalue weighted by molar-refractivity contribution is -0.144. The molecule has 2 fully saturated rings. The average molecular weight is 554 g/mol. The number of piperidine rings is 1. The van der Waals surface area contributed by atoms with E-state index in [0.29, 0.717) is 29.6 Å². The molecule has 6 rings (SSSR count). The number of rotatable bonds is 7. The fourth-order valence-electron chi connectivity index (χ4n) is 6.10. The number of aryl methyl sites for hydroxylation is 1. The predicted octanol–water partition coefficient (Wildman–Crippen LogP) is 5.65. The summed E-state index contributed by atoms with van der Waals surface area (Å²) in [6.07, 6.45) is 5.39. The van der Waals surface area contributed by atoms with Crippen LogP contribution in [0.3, 0.4) is 0 Å². The number of carbonyl (C=O) groups is 1. The second-order valence-electron chi connectivity index (χ2n) is 10.2. The molecule has 39 heavy (non-hydrogen) atoms. The summed E-state index contributed by atoms with van der Waals surface area (Å²) >= 11 is 6.15. The maximum absolute atomic E-state index is 13.0. The molecule has 2 aromatic heterocycles. The zero-order valence-electron chi connectivity index (χ0n) is 21.1. The van der Waals surface area contributed by atoms with E-state index in [2.05, 4.69) is 19.9 Å². The minimum absolute atomic E-state index is 0.0663. The molecule has 1 saturated heterocycles. The zero-order valence-corrected chi connectivity index (χ0v) is 21.9. The molecule has 0 spiro atoms. The highest BCUT2D eigenvalue weighted by atomic mass is 35.5. The van der Waals surface area contributed by atoms with Crippen molar-refractivity contribution in [2.75, 3.05) is 18.0 Å². The Morgan fingerprint density at radius 2 is 1.82 bits per heavy atom. The predicted molar refractivity (Wildman–Crippen MR) is 142 cm³/mol. The SMILES string of the molecule is Cc1nc2ccc(-c3cnc(N4CC5CCC(C4)C5C(=O)O)nc3)cc2n1Cc1cc(Cl)ccc1OC(F)F. The summed E-state index contributed by atoms with van der Waals surface area (Å²) < 4.78 is 32.6. The number of hydrogen-bond acceptors (Lipinski definition) is 6. The maximum Gasteiger partial charge on any atom is 0.387 e. The van der Waals surface area contributed by atoms with E-state index in [0.717, 1.165) is 40.8 Å². The van der Waals surface area contributed by atoms with Gasteiger partial charge in [0.1, 0.15) is 11.6 Å². The van der Waals surface area contributed by atoms with Gasteiger partial charge < -0.3 is 19.3 Å². The van der Waals surface area contributed by atoms with E-state index in [1.165, 1.54) is 12.1 Å². The van der Waals surface area contributed by atoms with Gasteiger partial charge in [0.2, 0.25) is 5.95 Å². The Labute approximate surface area is 228 Å². The minimum atomic E-state index is -2.95. The second kappa shape index (κ2) is 10.1. The number of anilines is 1. The van der Waals surface area contributed by atoms with E-state index in [4.69, 9.17) is 16.3 Å². The van der Waals surface area contributed by atoms with Crippen LogP contribution in [0.5, 0.6) is 5.75 Å². The first-order valence-corrected chi connectivity index (χ1v) is 13.1. The summed E-state index contributed by atoms with van der Waals surface area (Å²) in [4.78, 5) is 27.6. The number of fused-ring (bicyclic) bond motifs is 3. The van der Waals surface area contributed by atoms with Gasteiger partial charge in [0.15, 0.2) is 0 Å². The summed E-state index contributed by atoms with van der Waals surface area (Å²) in [5, 5.41) is 10.0. The Morgan fingerprint density at radius 1 is 1.10 bits per heavy atom. The third-order valence-corrected chi connectivity index (χ3v) is 8.11. The molecule has 0 radical (unpaired) electrons. The number of carboxylic acids is 1. The number of benzene rings is 2. The summed E-state index contributed by atoms with van der Waals surface area (Å²) in [5.41, 5.74) is 3.81. The van der Waals surface area contributed by atoms with E-state index >= 15 is 0 Å². The zero-order chi connectivity index (χ0) is 27.3. The smallest absolute Gasteiger partial charge is 0.387 e.